The number of aliphatic hydroxyl groups excluding tert-OH is 1. The van der Waals surface area contributed by atoms with Gasteiger partial charge in [-0.2, -0.15) is 0 Å². The Morgan fingerprint density at radius 3 is 2.33 bits per heavy atom. The third kappa shape index (κ3) is 4.32. The molecule has 9 heteroatoms. The average molecular weight is 588 g/mol. The molecule has 0 radical (unpaired) electrons. The van der Waals surface area contributed by atoms with Gasteiger partial charge in [0.1, 0.15) is 11.6 Å². The van der Waals surface area contributed by atoms with Gasteiger partial charge in [0.15, 0.2) is 0 Å². The predicted molar refractivity (Wildman–Crippen MR) is 160 cm³/mol. The highest BCUT2D eigenvalue weighted by atomic mass is 35.5. The first-order valence-electron chi connectivity index (χ1n) is 14.4. The Bertz CT molecular complexity index is 1500. The van der Waals surface area contributed by atoms with Crippen molar-refractivity contribution in [2.75, 3.05) is 17.2 Å². The molecule has 3 heterocycles. The number of nitrogens with one attached hydrogen (secondary N) is 2. The van der Waals surface area contributed by atoms with Crippen LogP contribution in [0.25, 0.3) is 0 Å². The minimum absolute atomic E-state index is 0.314. The fourth-order valence-corrected chi connectivity index (χ4v) is 7.71. The molecular weight excluding hydrogens is 554 g/mol. The summed E-state index contributed by atoms with van der Waals surface area (Å²) in [6, 6.07) is 21.6. The van der Waals surface area contributed by atoms with Gasteiger partial charge in [-0.1, -0.05) is 79.2 Å². The minimum atomic E-state index is -1.26. The third-order valence-electron chi connectivity index (χ3n) is 9.35. The molecule has 2 bridgehead atoms. The monoisotopic (exact) mass is 587 g/mol. The van der Waals surface area contributed by atoms with Gasteiger partial charge in [0.05, 0.1) is 40.8 Å². The highest BCUT2D eigenvalue weighted by molar-refractivity contribution is 6.34. The number of carbonyl (C=O) groups excluding carboxylic acids is 3. The van der Waals surface area contributed by atoms with Gasteiger partial charge >= 0.3 is 0 Å². The summed E-state index contributed by atoms with van der Waals surface area (Å²) in [7, 11) is 0. The number of ether oxygens (including phenoxy) is 1. The molecule has 3 aromatic rings. The number of anilines is 2. The number of para-hydroxylation sites is 2. The zero-order valence-electron chi connectivity index (χ0n) is 23.5. The highest BCUT2D eigenvalue weighted by Gasteiger charge is 2.79. The molecule has 3 aromatic carbocycles. The Kier molecular flexibility index (Phi) is 7.33. The van der Waals surface area contributed by atoms with Crippen molar-refractivity contribution in [2.24, 2.45) is 11.8 Å². The Morgan fingerprint density at radius 1 is 1.00 bits per heavy atom. The Hall–Kier alpha value is -3.72. The fraction of sp³-hybridized carbons (Fsp3) is 0.364. The number of carbonyl (C=O) groups is 3. The molecule has 42 heavy (non-hydrogen) atoms. The second-order valence-electron chi connectivity index (χ2n) is 11.5. The van der Waals surface area contributed by atoms with Crippen LogP contribution in [0.1, 0.15) is 43.4 Å². The summed E-state index contributed by atoms with van der Waals surface area (Å²) in [5.74, 6) is -2.88. The summed E-state index contributed by atoms with van der Waals surface area (Å²) in [6.45, 7) is 3.38. The zero-order chi connectivity index (χ0) is 29.6. The molecule has 0 aliphatic carbocycles. The van der Waals surface area contributed by atoms with E-state index in [1.165, 1.54) is 4.90 Å². The van der Waals surface area contributed by atoms with E-state index in [1.54, 1.807) is 24.3 Å². The number of aryl methyl sites for hydroxylation is 1. The molecule has 2 unspecified atom stereocenters. The van der Waals surface area contributed by atoms with E-state index in [0.29, 0.717) is 41.2 Å². The zero-order valence-corrected chi connectivity index (χ0v) is 24.3. The van der Waals surface area contributed by atoms with Crippen molar-refractivity contribution in [1.82, 2.24) is 4.90 Å². The lowest BCUT2D eigenvalue weighted by Crippen LogP contribution is -2.54. The van der Waals surface area contributed by atoms with Gasteiger partial charge in [-0.3, -0.25) is 14.4 Å². The molecule has 3 amide bonds. The fourth-order valence-electron chi connectivity index (χ4n) is 7.44. The van der Waals surface area contributed by atoms with Crippen LogP contribution in [-0.2, 0) is 19.1 Å². The molecule has 6 atom stereocenters. The smallest absolute Gasteiger partial charge is 0.250 e. The second-order valence-corrected chi connectivity index (χ2v) is 11.9. The Labute approximate surface area is 250 Å². The lowest BCUT2D eigenvalue weighted by molar-refractivity contribution is -0.148. The van der Waals surface area contributed by atoms with Gasteiger partial charge in [-0.25, -0.2) is 0 Å². The molecule has 3 N–H and O–H groups in total. The van der Waals surface area contributed by atoms with Crippen molar-refractivity contribution in [3.63, 3.8) is 0 Å². The molecule has 6 rings (SSSR count). The average Bonchev–Trinajstić information content (AvgIpc) is 3.60. The van der Waals surface area contributed by atoms with E-state index in [9.17, 15) is 19.5 Å². The second kappa shape index (κ2) is 10.8. The Balaban J connectivity index is 1.46. The Morgan fingerprint density at radius 2 is 1.69 bits per heavy atom. The van der Waals surface area contributed by atoms with Crippen LogP contribution < -0.4 is 10.6 Å². The van der Waals surface area contributed by atoms with Gasteiger partial charge in [0, 0.05) is 5.69 Å². The summed E-state index contributed by atoms with van der Waals surface area (Å²) in [5, 5.41) is 17.0. The number of hydrogen-bond acceptors (Lipinski definition) is 5. The van der Waals surface area contributed by atoms with Crippen LogP contribution in [-0.4, -0.2) is 51.6 Å². The number of benzene rings is 3. The first kappa shape index (κ1) is 28.4. The van der Waals surface area contributed by atoms with Crippen LogP contribution in [0.5, 0.6) is 0 Å². The molecule has 1 spiro atoms. The van der Waals surface area contributed by atoms with Crippen molar-refractivity contribution in [2.45, 2.75) is 56.4 Å². The van der Waals surface area contributed by atoms with Crippen molar-refractivity contribution < 1.29 is 24.2 Å². The maximum absolute atomic E-state index is 14.6. The number of rotatable bonds is 8. The number of likely N-dealkylation sites (tertiary alicyclic amines) is 1. The van der Waals surface area contributed by atoms with Crippen LogP contribution >= 0.6 is 11.6 Å². The molecule has 3 aliphatic heterocycles. The number of halogens is 1. The number of amides is 3. The van der Waals surface area contributed by atoms with Crippen LogP contribution in [0.4, 0.5) is 11.4 Å². The van der Waals surface area contributed by atoms with Crippen LogP contribution in [0.15, 0.2) is 78.9 Å². The summed E-state index contributed by atoms with van der Waals surface area (Å²) < 4.78 is 6.86. The lowest BCUT2D eigenvalue weighted by atomic mass is 9.65. The topological polar surface area (TPSA) is 108 Å². The highest BCUT2D eigenvalue weighted by Crippen LogP contribution is 2.65. The third-order valence-corrected chi connectivity index (χ3v) is 9.67. The van der Waals surface area contributed by atoms with Gasteiger partial charge in [0.2, 0.25) is 17.7 Å². The van der Waals surface area contributed by atoms with E-state index >= 15 is 0 Å². The minimum Gasteiger partial charge on any atom is -0.394 e. The molecular formula is C33H34ClN3O5. The van der Waals surface area contributed by atoms with Crippen molar-refractivity contribution >= 4 is 40.7 Å². The maximum Gasteiger partial charge on any atom is 0.250 e. The summed E-state index contributed by atoms with van der Waals surface area (Å²) in [5.41, 5.74) is 0.367. The molecule has 3 fully saturated rings. The molecule has 218 valence electrons. The van der Waals surface area contributed by atoms with Crippen molar-refractivity contribution in [3.05, 3.63) is 95.0 Å². The van der Waals surface area contributed by atoms with E-state index in [4.69, 9.17) is 16.3 Å². The van der Waals surface area contributed by atoms with E-state index in [2.05, 4.69) is 10.6 Å². The van der Waals surface area contributed by atoms with E-state index < -0.39 is 47.6 Å². The van der Waals surface area contributed by atoms with Crippen molar-refractivity contribution in [3.8, 4) is 0 Å². The van der Waals surface area contributed by atoms with Crippen LogP contribution in [0.2, 0.25) is 5.02 Å². The van der Waals surface area contributed by atoms with E-state index in [-0.39, 0.29) is 11.8 Å². The molecule has 0 saturated carbocycles. The maximum atomic E-state index is 14.6. The largest absolute Gasteiger partial charge is 0.394 e. The van der Waals surface area contributed by atoms with Crippen LogP contribution in [0.3, 0.4) is 0 Å². The van der Waals surface area contributed by atoms with Gasteiger partial charge < -0.3 is 25.4 Å². The van der Waals surface area contributed by atoms with Crippen LogP contribution in [0, 0.1) is 18.8 Å². The molecule has 8 nitrogen and oxygen atoms in total. The predicted octanol–water partition coefficient (Wildman–Crippen LogP) is 5.11. The van der Waals surface area contributed by atoms with E-state index in [0.717, 1.165) is 5.56 Å². The number of hydrogen-bond donors (Lipinski definition) is 3. The first-order chi connectivity index (χ1) is 20.3. The molecule has 3 saturated heterocycles. The lowest BCUT2D eigenvalue weighted by Gasteiger charge is -2.37. The quantitative estimate of drug-likeness (QED) is 0.339. The van der Waals surface area contributed by atoms with Gasteiger partial charge in [-0.05, 0) is 55.5 Å². The van der Waals surface area contributed by atoms with Gasteiger partial charge in [0.25, 0.3) is 0 Å². The number of fused-ring (bicyclic) bond motifs is 1. The van der Waals surface area contributed by atoms with Gasteiger partial charge in [-0.15, -0.1) is 0 Å². The normalized spacial score (nSPS) is 28.4. The summed E-state index contributed by atoms with van der Waals surface area (Å²) >= 11 is 6.49. The summed E-state index contributed by atoms with van der Waals surface area (Å²) in [4.78, 5) is 44.5. The standard InChI is InChI=1S/C33H34ClN3O5/c1-3-32-17-18-33(42-32)26(25(32)29(39)35-22-14-8-5-9-15-22)31(41)37(24(19-38)21-12-6-4-7-13-21)28(33)30(40)36-27-20(2)11-10-16-23(27)34/h4-16,24-26,28,38H,3,17-19H2,1-2H3,(H,35,39)(H,36,40)/t24-,25-,26+,28?,32+,33?/m1/s1. The SMILES string of the molecule is CC[C@@]12CCC3(O1)C(C(=O)Nc1c(C)cccc1Cl)N([C@H](CO)c1ccccc1)C(=O)[C@@H]3[C@@H]2C(=O)Nc1ccccc1. The number of aliphatic hydroxyl groups is 1. The summed E-state index contributed by atoms with van der Waals surface area (Å²) in [6.07, 6.45) is 1.46. The first-order valence-corrected chi connectivity index (χ1v) is 14.7. The molecule has 3 aliphatic rings. The van der Waals surface area contributed by atoms with E-state index in [1.807, 2.05) is 68.4 Å². The molecule has 0 aromatic heterocycles. The van der Waals surface area contributed by atoms with Crippen molar-refractivity contribution in [1.29, 1.82) is 0 Å². The number of nitrogens with zero attached hydrogens (tertiary/aromatic N) is 1.